The lowest BCUT2D eigenvalue weighted by Gasteiger charge is -2.41. The first kappa shape index (κ1) is 38.6. The molecule has 10 nitrogen and oxygen atoms in total. The highest BCUT2D eigenvalue weighted by Gasteiger charge is 2.44. The zero-order valence-corrected chi connectivity index (χ0v) is 26.9. The number of nitrogens with zero attached hydrogens (tertiary/aromatic N) is 1. The van der Waals surface area contributed by atoms with Gasteiger partial charge in [0.2, 0.25) is 5.91 Å². The van der Waals surface area contributed by atoms with Gasteiger partial charge < -0.3 is 25.4 Å². The van der Waals surface area contributed by atoms with Crippen molar-refractivity contribution in [1.29, 1.82) is 0 Å². The van der Waals surface area contributed by atoms with Gasteiger partial charge in [-0.15, -0.1) is 13.2 Å². The molecule has 2 fully saturated rings. The Bertz CT molecular complexity index is 1520. The summed E-state index contributed by atoms with van der Waals surface area (Å²) in [5.41, 5.74) is -0.0680. The number of carbonyl (C=O) groups excluding carboxylic acids is 2. The fraction of sp³-hybridized carbons (Fsp3) is 0.516. The summed E-state index contributed by atoms with van der Waals surface area (Å²) in [5, 5.41) is 13.3. The smallest absolute Gasteiger partial charge is 0.475 e. The van der Waals surface area contributed by atoms with Gasteiger partial charge in [0.15, 0.2) is 9.84 Å². The number of rotatable bonds is 10. The SMILES string of the molecule is CC(C)CN[C@@H]1CC[C@H](N2CC[C@H](NC(=O)c3cccc(OC(F)(F)F)c3)C2=O)[C@H](CS(=O)(=O)c2ccccc2)C1.O=C(O)C(F)(F)F. The van der Waals surface area contributed by atoms with Crippen LogP contribution in [0.2, 0.25) is 0 Å². The van der Waals surface area contributed by atoms with E-state index in [0.717, 1.165) is 25.1 Å². The summed E-state index contributed by atoms with van der Waals surface area (Å²) in [6.45, 7) is 5.36. The number of amides is 2. The van der Waals surface area contributed by atoms with Crippen LogP contribution < -0.4 is 15.4 Å². The van der Waals surface area contributed by atoms with E-state index in [1.807, 2.05) is 0 Å². The molecule has 1 saturated carbocycles. The number of alkyl halides is 6. The van der Waals surface area contributed by atoms with E-state index in [9.17, 15) is 44.3 Å². The Labute approximate surface area is 273 Å². The number of carboxylic acid groups (broad SMARTS) is 1. The maximum Gasteiger partial charge on any atom is 0.573 e. The van der Waals surface area contributed by atoms with Crippen LogP contribution in [0, 0.1) is 11.8 Å². The van der Waals surface area contributed by atoms with E-state index in [0.29, 0.717) is 31.7 Å². The molecule has 1 aliphatic heterocycles. The second-order valence-corrected chi connectivity index (χ2v) is 14.0. The van der Waals surface area contributed by atoms with Crippen molar-refractivity contribution in [2.75, 3.05) is 18.8 Å². The highest BCUT2D eigenvalue weighted by Crippen LogP contribution is 2.34. The average Bonchev–Trinajstić information content (AvgIpc) is 3.34. The zero-order chi connectivity index (χ0) is 35.9. The number of carboxylic acids is 1. The molecule has 2 aromatic carbocycles. The number of sulfone groups is 1. The van der Waals surface area contributed by atoms with Crippen LogP contribution in [0.5, 0.6) is 5.75 Å². The van der Waals surface area contributed by atoms with Gasteiger partial charge in [0.25, 0.3) is 5.91 Å². The summed E-state index contributed by atoms with van der Waals surface area (Å²) in [7, 11) is -3.61. The number of carbonyl (C=O) groups is 3. The van der Waals surface area contributed by atoms with E-state index in [1.165, 1.54) is 12.1 Å². The Hall–Kier alpha value is -3.86. The van der Waals surface area contributed by atoms with Gasteiger partial charge in [-0.05, 0) is 74.4 Å². The van der Waals surface area contributed by atoms with Crippen LogP contribution >= 0.6 is 0 Å². The van der Waals surface area contributed by atoms with E-state index >= 15 is 0 Å². The Morgan fingerprint density at radius 1 is 1.00 bits per heavy atom. The monoisotopic (exact) mass is 709 g/mol. The molecular weight excluding hydrogens is 672 g/mol. The van der Waals surface area contributed by atoms with E-state index in [2.05, 4.69) is 29.2 Å². The molecule has 266 valence electrons. The predicted octanol–water partition coefficient (Wildman–Crippen LogP) is 4.81. The Kier molecular flexibility index (Phi) is 12.9. The van der Waals surface area contributed by atoms with Crippen molar-refractivity contribution in [2.24, 2.45) is 11.8 Å². The minimum Gasteiger partial charge on any atom is -0.475 e. The number of aliphatic carboxylic acids is 1. The van der Waals surface area contributed by atoms with Crippen LogP contribution in [0.25, 0.3) is 0 Å². The van der Waals surface area contributed by atoms with Crippen molar-refractivity contribution in [3.63, 3.8) is 0 Å². The molecule has 1 saturated heterocycles. The largest absolute Gasteiger partial charge is 0.573 e. The molecule has 4 atom stereocenters. The van der Waals surface area contributed by atoms with Crippen LogP contribution in [0.3, 0.4) is 0 Å². The number of ether oxygens (including phenoxy) is 1. The molecule has 4 rings (SSSR count). The van der Waals surface area contributed by atoms with Gasteiger partial charge >= 0.3 is 18.5 Å². The molecule has 2 amide bonds. The maximum absolute atomic E-state index is 13.5. The molecule has 0 unspecified atom stereocenters. The lowest BCUT2D eigenvalue weighted by Crippen LogP contribution is -2.52. The second kappa shape index (κ2) is 16.0. The predicted molar refractivity (Wildman–Crippen MR) is 161 cm³/mol. The van der Waals surface area contributed by atoms with E-state index in [-0.39, 0.29) is 40.1 Å². The van der Waals surface area contributed by atoms with Crippen molar-refractivity contribution in [3.8, 4) is 5.75 Å². The minimum absolute atomic E-state index is 0.0680. The summed E-state index contributed by atoms with van der Waals surface area (Å²) in [6.07, 6.45) is -7.67. The number of likely N-dealkylation sites (tertiary alicyclic amines) is 1. The van der Waals surface area contributed by atoms with Crippen molar-refractivity contribution in [1.82, 2.24) is 15.5 Å². The molecule has 3 N–H and O–H groups in total. The van der Waals surface area contributed by atoms with Gasteiger partial charge in [-0.1, -0.05) is 38.1 Å². The number of benzene rings is 2. The minimum atomic E-state index is -5.08. The van der Waals surface area contributed by atoms with Crippen molar-refractivity contribution in [2.45, 2.75) is 75.1 Å². The Morgan fingerprint density at radius 2 is 1.65 bits per heavy atom. The van der Waals surface area contributed by atoms with E-state index < -0.39 is 46.0 Å². The summed E-state index contributed by atoms with van der Waals surface area (Å²) < 4.78 is 100. The molecule has 1 heterocycles. The molecule has 0 aromatic heterocycles. The first-order valence-corrected chi connectivity index (χ1v) is 16.7. The fourth-order valence-corrected chi connectivity index (χ4v) is 7.36. The lowest BCUT2D eigenvalue weighted by molar-refractivity contribution is -0.274. The van der Waals surface area contributed by atoms with Gasteiger partial charge in [0.1, 0.15) is 11.8 Å². The lowest BCUT2D eigenvalue weighted by atomic mass is 9.81. The van der Waals surface area contributed by atoms with Crippen molar-refractivity contribution >= 4 is 27.6 Å². The number of halogens is 6. The number of nitrogens with one attached hydrogen (secondary N) is 2. The van der Waals surface area contributed by atoms with Gasteiger partial charge in [-0.2, -0.15) is 13.2 Å². The molecule has 0 spiro atoms. The molecule has 0 bridgehead atoms. The van der Waals surface area contributed by atoms with Gasteiger partial charge in [-0.25, -0.2) is 13.2 Å². The van der Waals surface area contributed by atoms with E-state index in [4.69, 9.17) is 9.90 Å². The molecule has 0 radical (unpaired) electrons. The highest BCUT2D eigenvalue weighted by molar-refractivity contribution is 7.91. The quantitative estimate of drug-likeness (QED) is 0.299. The van der Waals surface area contributed by atoms with Crippen molar-refractivity contribution < 1.29 is 59.0 Å². The molecule has 1 aliphatic carbocycles. The first-order valence-electron chi connectivity index (χ1n) is 15.0. The van der Waals surface area contributed by atoms with Crippen LogP contribution in [0.1, 0.15) is 49.9 Å². The molecule has 17 heteroatoms. The third-order valence-electron chi connectivity index (χ3n) is 7.81. The standard InChI is InChI=1S/C29H36F3N3O5S.C2HF3O2/c1-19(2)17-33-22-11-12-26(21(15-22)18-41(38,39)24-9-4-3-5-10-24)35-14-13-25(28(35)37)34-27(36)20-7-6-8-23(16-20)40-29(30,31)32;3-2(4,5)1(6)7/h3-10,16,19,21-22,25-26,33H,11-15,17-18H2,1-2H3,(H,34,36);(H,6,7)/t21-,22+,25-,26-;/m0./s1. The molecular formula is C31H37F6N3O7S. The highest BCUT2D eigenvalue weighted by atomic mass is 32.2. The van der Waals surface area contributed by atoms with Crippen LogP contribution in [0.15, 0.2) is 59.5 Å². The second-order valence-electron chi connectivity index (χ2n) is 12.0. The fourth-order valence-electron chi connectivity index (χ4n) is 5.67. The van der Waals surface area contributed by atoms with Gasteiger partial charge in [-0.3, -0.25) is 9.59 Å². The molecule has 48 heavy (non-hydrogen) atoms. The summed E-state index contributed by atoms with van der Waals surface area (Å²) >= 11 is 0. The summed E-state index contributed by atoms with van der Waals surface area (Å²) in [5.74, 6) is -4.28. The third-order valence-corrected chi connectivity index (χ3v) is 9.67. The van der Waals surface area contributed by atoms with Crippen LogP contribution in [-0.2, 0) is 19.4 Å². The molecule has 2 aromatic rings. The number of hydrogen-bond donors (Lipinski definition) is 3. The van der Waals surface area contributed by atoms with Gasteiger partial charge in [0.05, 0.1) is 10.6 Å². The maximum atomic E-state index is 13.5. The Balaban J connectivity index is 0.000000804. The van der Waals surface area contributed by atoms with Crippen LogP contribution in [-0.4, -0.2) is 85.7 Å². The van der Waals surface area contributed by atoms with E-state index in [1.54, 1.807) is 35.2 Å². The van der Waals surface area contributed by atoms with Gasteiger partial charge in [0, 0.05) is 24.2 Å². The third kappa shape index (κ3) is 11.4. The Morgan fingerprint density at radius 3 is 2.23 bits per heavy atom. The normalized spacial score (nSPS) is 21.8. The zero-order valence-electron chi connectivity index (χ0n) is 26.1. The number of hydrogen-bond acceptors (Lipinski definition) is 7. The van der Waals surface area contributed by atoms with Crippen LogP contribution in [0.4, 0.5) is 26.3 Å². The summed E-state index contributed by atoms with van der Waals surface area (Å²) in [4.78, 5) is 37.1. The summed E-state index contributed by atoms with van der Waals surface area (Å²) in [6, 6.07) is 11.9. The topological polar surface area (TPSA) is 142 Å². The molecule has 2 aliphatic rings. The average molecular weight is 710 g/mol. The van der Waals surface area contributed by atoms with Crippen molar-refractivity contribution in [3.05, 3.63) is 60.2 Å². The first-order chi connectivity index (χ1) is 22.3.